The van der Waals surface area contributed by atoms with Gasteiger partial charge in [0.15, 0.2) is 0 Å². The molecule has 1 aromatic heterocycles. The van der Waals surface area contributed by atoms with Crippen molar-refractivity contribution in [1.82, 2.24) is 4.98 Å². The predicted molar refractivity (Wildman–Crippen MR) is 114 cm³/mol. The summed E-state index contributed by atoms with van der Waals surface area (Å²) in [6.07, 6.45) is 3.24. The number of nitriles is 1. The second kappa shape index (κ2) is 8.22. The van der Waals surface area contributed by atoms with Crippen LogP contribution in [0.3, 0.4) is 0 Å². The highest BCUT2D eigenvalue weighted by Gasteiger charge is 2.27. The molecule has 142 valence electrons. The molecule has 0 N–H and O–H groups in total. The molecule has 4 heteroatoms. The zero-order valence-electron chi connectivity index (χ0n) is 16.9. The van der Waals surface area contributed by atoms with Crippen LogP contribution >= 0.6 is 0 Å². The average molecular weight is 371 g/mol. The van der Waals surface area contributed by atoms with Gasteiger partial charge in [-0.1, -0.05) is 48.5 Å². The minimum atomic E-state index is -0.649. The Morgan fingerprint density at radius 1 is 1.21 bits per heavy atom. The van der Waals surface area contributed by atoms with E-state index in [-0.39, 0.29) is 0 Å². The van der Waals surface area contributed by atoms with Gasteiger partial charge in [-0.25, -0.2) is 0 Å². The lowest BCUT2D eigenvalue weighted by molar-refractivity contribution is 0.215. The average Bonchev–Trinajstić information content (AvgIpc) is 2.71. The number of benzene rings is 2. The van der Waals surface area contributed by atoms with E-state index in [1.54, 1.807) is 6.21 Å². The summed E-state index contributed by atoms with van der Waals surface area (Å²) < 4.78 is 0. The molecule has 1 heterocycles. The number of oxime groups is 1. The van der Waals surface area contributed by atoms with Crippen LogP contribution in [-0.2, 0) is 23.1 Å². The molecule has 0 aliphatic rings. The highest BCUT2D eigenvalue weighted by atomic mass is 16.6. The minimum Gasteiger partial charge on any atom is -0.399 e. The Bertz CT molecular complexity index is 1070. The first kappa shape index (κ1) is 19.6. The molecule has 3 aromatic rings. The molecule has 1 unspecified atom stereocenters. The van der Waals surface area contributed by atoms with E-state index in [0.717, 1.165) is 39.7 Å². The number of aryl methyl sites for hydroxylation is 2. The minimum absolute atomic E-state index is 0.607. The van der Waals surface area contributed by atoms with Crippen molar-refractivity contribution in [3.8, 4) is 6.07 Å². The van der Waals surface area contributed by atoms with E-state index >= 15 is 0 Å². The SMILES string of the molecule is CCc1cc2ccc(C(C)(C#N)Cc3cccc(/C=N/OC)c3)cc2nc1C. The summed E-state index contributed by atoms with van der Waals surface area (Å²) in [6.45, 7) is 6.17. The van der Waals surface area contributed by atoms with E-state index in [4.69, 9.17) is 9.82 Å². The van der Waals surface area contributed by atoms with E-state index in [1.165, 1.54) is 12.7 Å². The van der Waals surface area contributed by atoms with Crippen molar-refractivity contribution in [3.63, 3.8) is 0 Å². The molecule has 1 atom stereocenters. The van der Waals surface area contributed by atoms with Crippen molar-refractivity contribution in [2.45, 2.75) is 39.0 Å². The lowest BCUT2D eigenvalue weighted by atomic mass is 9.78. The molecule has 0 aliphatic heterocycles. The third-order valence-electron chi connectivity index (χ3n) is 5.19. The van der Waals surface area contributed by atoms with Crippen molar-refractivity contribution < 1.29 is 4.84 Å². The fraction of sp³-hybridized carbons (Fsp3) is 0.292. The Labute approximate surface area is 166 Å². The summed E-state index contributed by atoms with van der Waals surface area (Å²) in [6, 6.07) is 18.9. The topological polar surface area (TPSA) is 58.3 Å². The first-order chi connectivity index (χ1) is 13.5. The Morgan fingerprint density at radius 2 is 2.04 bits per heavy atom. The van der Waals surface area contributed by atoms with Crippen molar-refractivity contribution in [3.05, 3.63) is 76.5 Å². The highest BCUT2D eigenvalue weighted by Crippen LogP contribution is 2.30. The van der Waals surface area contributed by atoms with Gasteiger partial charge in [0.05, 0.1) is 23.2 Å². The number of pyridine rings is 1. The fourth-order valence-electron chi connectivity index (χ4n) is 3.52. The quantitative estimate of drug-likeness (QED) is 0.447. The number of fused-ring (bicyclic) bond motifs is 1. The van der Waals surface area contributed by atoms with E-state index < -0.39 is 5.41 Å². The van der Waals surface area contributed by atoms with Crippen LogP contribution in [0.2, 0.25) is 0 Å². The van der Waals surface area contributed by atoms with Gasteiger partial charge < -0.3 is 4.84 Å². The van der Waals surface area contributed by atoms with Gasteiger partial charge in [-0.15, -0.1) is 0 Å². The van der Waals surface area contributed by atoms with Crippen molar-refractivity contribution >= 4 is 17.1 Å². The second-order valence-electron chi connectivity index (χ2n) is 7.28. The number of aromatic nitrogens is 1. The maximum Gasteiger partial charge on any atom is 0.106 e. The monoisotopic (exact) mass is 371 g/mol. The third-order valence-corrected chi connectivity index (χ3v) is 5.19. The zero-order chi connectivity index (χ0) is 20.1. The van der Waals surface area contributed by atoms with Gasteiger partial charge >= 0.3 is 0 Å². The summed E-state index contributed by atoms with van der Waals surface area (Å²) in [4.78, 5) is 9.52. The molecular weight excluding hydrogens is 346 g/mol. The van der Waals surface area contributed by atoms with Gasteiger partial charge in [0, 0.05) is 11.1 Å². The first-order valence-corrected chi connectivity index (χ1v) is 9.46. The molecule has 0 spiro atoms. The standard InChI is InChI=1S/C24H25N3O/c1-5-20-12-21-9-10-22(13-23(21)27-17(20)2)24(3,16-25)14-18-7-6-8-19(11-18)15-26-28-4/h6-13,15H,5,14H2,1-4H3/b26-15+. The molecule has 0 fully saturated rings. The van der Waals surface area contributed by atoms with E-state index in [0.29, 0.717) is 6.42 Å². The second-order valence-corrected chi connectivity index (χ2v) is 7.28. The van der Waals surface area contributed by atoms with Crippen LogP contribution in [0.15, 0.2) is 53.7 Å². The molecule has 0 saturated carbocycles. The first-order valence-electron chi connectivity index (χ1n) is 9.46. The van der Waals surface area contributed by atoms with Crippen LogP contribution in [0.1, 0.15) is 41.8 Å². The maximum atomic E-state index is 10.0. The summed E-state index contributed by atoms with van der Waals surface area (Å²) in [5, 5.41) is 14.9. The predicted octanol–water partition coefficient (Wildman–Crippen LogP) is 5.11. The Hall–Kier alpha value is -3.19. The summed E-state index contributed by atoms with van der Waals surface area (Å²) in [5.41, 5.74) is 5.61. The fourth-order valence-corrected chi connectivity index (χ4v) is 3.52. The summed E-state index contributed by atoms with van der Waals surface area (Å²) in [7, 11) is 1.52. The number of nitrogens with zero attached hydrogens (tertiary/aromatic N) is 3. The molecule has 2 aromatic carbocycles. The van der Waals surface area contributed by atoms with Gasteiger partial charge in [0.25, 0.3) is 0 Å². The van der Waals surface area contributed by atoms with Crippen LogP contribution in [0.5, 0.6) is 0 Å². The van der Waals surface area contributed by atoms with Crippen LogP contribution in [0.25, 0.3) is 10.9 Å². The van der Waals surface area contributed by atoms with Crippen molar-refractivity contribution in [2.75, 3.05) is 7.11 Å². The lowest BCUT2D eigenvalue weighted by Crippen LogP contribution is -2.23. The molecule has 0 saturated heterocycles. The molecule has 4 nitrogen and oxygen atoms in total. The Balaban J connectivity index is 1.97. The third kappa shape index (κ3) is 4.04. The van der Waals surface area contributed by atoms with Gasteiger partial charge in [0.1, 0.15) is 7.11 Å². The van der Waals surface area contributed by atoms with Gasteiger partial charge in [-0.2, -0.15) is 5.26 Å². The molecule has 28 heavy (non-hydrogen) atoms. The van der Waals surface area contributed by atoms with Gasteiger partial charge in [0.2, 0.25) is 0 Å². The maximum absolute atomic E-state index is 10.0. The summed E-state index contributed by atoms with van der Waals surface area (Å²) in [5.74, 6) is 0. The van der Waals surface area contributed by atoms with Crippen LogP contribution in [-0.4, -0.2) is 18.3 Å². The smallest absolute Gasteiger partial charge is 0.106 e. The number of hydrogen-bond donors (Lipinski definition) is 0. The van der Waals surface area contributed by atoms with Crippen LogP contribution in [0, 0.1) is 18.3 Å². The van der Waals surface area contributed by atoms with E-state index in [2.05, 4.69) is 42.4 Å². The Kier molecular flexibility index (Phi) is 5.75. The van der Waals surface area contributed by atoms with E-state index in [1.807, 2.05) is 38.1 Å². The molecule has 0 radical (unpaired) electrons. The highest BCUT2D eigenvalue weighted by molar-refractivity contribution is 5.81. The Morgan fingerprint density at radius 3 is 2.75 bits per heavy atom. The molecule has 0 amide bonds. The van der Waals surface area contributed by atoms with Crippen LogP contribution < -0.4 is 0 Å². The van der Waals surface area contributed by atoms with Crippen LogP contribution in [0.4, 0.5) is 0 Å². The normalized spacial score (nSPS) is 13.4. The molecule has 0 aliphatic carbocycles. The molecular formula is C24H25N3O. The van der Waals surface area contributed by atoms with Crippen molar-refractivity contribution in [2.24, 2.45) is 5.16 Å². The van der Waals surface area contributed by atoms with Gasteiger partial charge in [-0.05, 0) is 61.1 Å². The molecule has 3 rings (SSSR count). The summed E-state index contributed by atoms with van der Waals surface area (Å²) >= 11 is 0. The number of rotatable bonds is 6. The van der Waals surface area contributed by atoms with E-state index in [9.17, 15) is 5.26 Å². The van der Waals surface area contributed by atoms with Crippen molar-refractivity contribution in [1.29, 1.82) is 5.26 Å². The van der Waals surface area contributed by atoms with Gasteiger partial charge in [-0.3, -0.25) is 4.98 Å². The lowest BCUT2D eigenvalue weighted by Gasteiger charge is -2.23. The zero-order valence-corrected chi connectivity index (χ0v) is 16.9. The molecule has 0 bridgehead atoms. The largest absolute Gasteiger partial charge is 0.399 e. The number of hydrogen-bond acceptors (Lipinski definition) is 4.